The van der Waals surface area contributed by atoms with Crippen molar-refractivity contribution in [1.82, 2.24) is 9.80 Å². The maximum Gasteiger partial charge on any atom is 0.173 e. The van der Waals surface area contributed by atoms with Crippen LogP contribution in [0.15, 0.2) is 42.5 Å². The number of hydrogen-bond acceptors (Lipinski definition) is 3. The molecule has 0 aromatic heterocycles. The number of likely N-dealkylation sites (tertiary alicyclic amines) is 1. The third-order valence-electron chi connectivity index (χ3n) is 5.57. The van der Waals surface area contributed by atoms with Crippen molar-refractivity contribution in [3.63, 3.8) is 0 Å². The van der Waals surface area contributed by atoms with Crippen molar-refractivity contribution in [3.8, 4) is 5.75 Å². The highest BCUT2D eigenvalue weighted by Crippen LogP contribution is 2.19. The van der Waals surface area contributed by atoms with Gasteiger partial charge in [0, 0.05) is 32.2 Å². The number of ether oxygens (including phenoxy) is 1. The van der Waals surface area contributed by atoms with Crippen LogP contribution in [0.25, 0.3) is 0 Å². The molecule has 0 saturated carbocycles. The lowest BCUT2D eigenvalue weighted by Gasteiger charge is -2.38. The largest absolute Gasteiger partial charge is 0.493 e. The molecule has 2 aromatic carbocycles. The molecular formula is C23H28F3N3OS. The first kappa shape index (κ1) is 23.3. The van der Waals surface area contributed by atoms with Gasteiger partial charge in [-0.15, -0.1) is 0 Å². The normalized spacial score (nSPS) is 15.0. The van der Waals surface area contributed by atoms with E-state index in [1.165, 1.54) is 12.1 Å². The Kier molecular flexibility index (Phi) is 8.54. The predicted octanol–water partition coefficient (Wildman–Crippen LogP) is 5.06. The average molecular weight is 452 g/mol. The summed E-state index contributed by atoms with van der Waals surface area (Å²) in [5.74, 6) is -1.73. The van der Waals surface area contributed by atoms with Crippen LogP contribution in [0.1, 0.15) is 25.7 Å². The van der Waals surface area contributed by atoms with Gasteiger partial charge in [0.15, 0.2) is 16.7 Å². The summed E-state index contributed by atoms with van der Waals surface area (Å²) in [5, 5.41) is 3.52. The Hall–Kier alpha value is -2.32. The molecule has 2 aromatic rings. The molecule has 0 atom stereocenters. The van der Waals surface area contributed by atoms with Gasteiger partial charge in [-0.3, -0.25) is 0 Å². The fourth-order valence-electron chi connectivity index (χ4n) is 3.66. The summed E-state index contributed by atoms with van der Waals surface area (Å²) in [7, 11) is 1.95. The van der Waals surface area contributed by atoms with Gasteiger partial charge < -0.3 is 19.9 Å². The molecule has 0 unspecified atom stereocenters. The van der Waals surface area contributed by atoms with Crippen molar-refractivity contribution in [2.75, 3.05) is 38.6 Å². The molecule has 8 heteroatoms. The SMILES string of the molecule is CN(C(=S)Nc1ccccc1F)C1CCN(CCCCOc2ccc(F)c(F)c2)CC1. The van der Waals surface area contributed by atoms with Crippen molar-refractivity contribution in [2.45, 2.75) is 31.7 Å². The Labute approximate surface area is 187 Å². The summed E-state index contributed by atoms with van der Waals surface area (Å²) in [4.78, 5) is 4.43. The third kappa shape index (κ3) is 6.83. The second-order valence-electron chi connectivity index (χ2n) is 7.73. The van der Waals surface area contributed by atoms with Crippen molar-refractivity contribution >= 4 is 23.0 Å². The number of nitrogens with zero attached hydrogens (tertiary/aromatic N) is 2. The van der Waals surface area contributed by atoms with E-state index in [9.17, 15) is 13.2 Å². The van der Waals surface area contributed by atoms with Gasteiger partial charge in [-0.1, -0.05) is 12.1 Å². The van der Waals surface area contributed by atoms with E-state index >= 15 is 0 Å². The highest BCUT2D eigenvalue weighted by Gasteiger charge is 2.24. The number of thiocarbonyl (C=S) groups is 1. The number of piperidine rings is 1. The first-order valence-electron chi connectivity index (χ1n) is 10.5. The summed E-state index contributed by atoms with van der Waals surface area (Å²) in [6.07, 6.45) is 3.79. The molecule has 31 heavy (non-hydrogen) atoms. The van der Waals surface area contributed by atoms with E-state index in [2.05, 4.69) is 10.2 Å². The molecule has 0 radical (unpaired) electrons. The molecule has 0 bridgehead atoms. The summed E-state index contributed by atoms with van der Waals surface area (Å²) in [6, 6.07) is 10.4. The highest BCUT2D eigenvalue weighted by molar-refractivity contribution is 7.80. The zero-order valence-electron chi connectivity index (χ0n) is 17.6. The molecule has 4 nitrogen and oxygen atoms in total. The molecule has 0 amide bonds. The van der Waals surface area contributed by atoms with Crippen molar-refractivity contribution in [3.05, 3.63) is 59.9 Å². The molecular weight excluding hydrogens is 423 g/mol. The number of unbranched alkanes of at least 4 members (excludes halogenated alkanes) is 1. The van der Waals surface area contributed by atoms with Gasteiger partial charge in [0.2, 0.25) is 0 Å². The zero-order valence-corrected chi connectivity index (χ0v) is 18.4. The van der Waals surface area contributed by atoms with E-state index in [4.69, 9.17) is 17.0 Å². The monoisotopic (exact) mass is 451 g/mol. The van der Waals surface area contributed by atoms with Gasteiger partial charge in [0.25, 0.3) is 0 Å². The van der Waals surface area contributed by atoms with Crippen LogP contribution in [0, 0.1) is 17.5 Å². The first-order valence-corrected chi connectivity index (χ1v) is 10.9. The van der Waals surface area contributed by atoms with Gasteiger partial charge in [0.1, 0.15) is 11.6 Å². The van der Waals surface area contributed by atoms with Crippen LogP contribution in [0.2, 0.25) is 0 Å². The Bertz CT molecular complexity index is 875. The Morgan fingerprint density at radius 2 is 1.81 bits per heavy atom. The Balaban J connectivity index is 1.32. The minimum Gasteiger partial charge on any atom is -0.493 e. The Morgan fingerprint density at radius 1 is 1.06 bits per heavy atom. The fraction of sp³-hybridized carbons (Fsp3) is 0.435. The van der Waals surface area contributed by atoms with Crippen LogP contribution in [-0.4, -0.2) is 54.2 Å². The van der Waals surface area contributed by atoms with Crippen LogP contribution in [0.4, 0.5) is 18.9 Å². The Morgan fingerprint density at radius 3 is 2.52 bits per heavy atom. The number of benzene rings is 2. The highest BCUT2D eigenvalue weighted by atomic mass is 32.1. The first-order chi connectivity index (χ1) is 14.9. The lowest BCUT2D eigenvalue weighted by Crippen LogP contribution is -2.47. The van der Waals surface area contributed by atoms with Gasteiger partial charge in [0.05, 0.1) is 12.3 Å². The van der Waals surface area contributed by atoms with Gasteiger partial charge in [-0.25, -0.2) is 13.2 Å². The molecule has 1 N–H and O–H groups in total. The predicted molar refractivity (Wildman–Crippen MR) is 121 cm³/mol. The van der Waals surface area contributed by atoms with Crippen molar-refractivity contribution < 1.29 is 17.9 Å². The fourth-order valence-corrected chi connectivity index (χ4v) is 3.92. The van der Waals surface area contributed by atoms with Gasteiger partial charge in [-0.05, 0) is 68.7 Å². The molecule has 168 valence electrons. The zero-order chi connectivity index (χ0) is 22.2. The number of para-hydroxylation sites is 1. The van der Waals surface area contributed by atoms with Crippen molar-refractivity contribution in [1.29, 1.82) is 0 Å². The van der Waals surface area contributed by atoms with Crippen LogP contribution in [0.5, 0.6) is 5.75 Å². The molecule has 1 aliphatic rings. The molecule has 1 fully saturated rings. The number of rotatable bonds is 8. The van der Waals surface area contributed by atoms with Crippen molar-refractivity contribution in [2.24, 2.45) is 0 Å². The lowest BCUT2D eigenvalue weighted by atomic mass is 10.0. The molecule has 1 aliphatic heterocycles. The second kappa shape index (κ2) is 11.3. The number of anilines is 1. The minimum absolute atomic E-state index is 0.318. The lowest BCUT2D eigenvalue weighted by molar-refractivity contribution is 0.161. The average Bonchev–Trinajstić information content (AvgIpc) is 2.77. The minimum atomic E-state index is -0.895. The number of halogens is 3. The number of hydrogen-bond donors (Lipinski definition) is 1. The van der Waals surface area contributed by atoms with E-state index in [1.54, 1.807) is 18.2 Å². The standard InChI is InChI=1S/C23H28F3N3OS/c1-28(23(31)27-22-7-3-2-6-20(22)25)17-10-13-29(14-11-17)12-4-5-15-30-18-8-9-19(24)21(26)16-18/h2-3,6-9,16-17H,4-5,10-15H2,1H3,(H,27,31). The molecule has 0 spiro atoms. The molecule has 0 aliphatic carbocycles. The third-order valence-corrected chi connectivity index (χ3v) is 5.96. The summed E-state index contributed by atoms with van der Waals surface area (Å²) < 4.78 is 45.4. The van der Waals surface area contributed by atoms with E-state index in [0.29, 0.717) is 29.2 Å². The van der Waals surface area contributed by atoms with Gasteiger partial charge in [-0.2, -0.15) is 0 Å². The topological polar surface area (TPSA) is 27.7 Å². The van der Waals surface area contributed by atoms with E-state index < -0.39 is 11.6 Å². The van der Waals surface area contributed by atoms with E-state index in [0.717, 1.165) is 57.5 Å². The number of nitrogens with one attached hydrogen (secondary N) is 1. The van der Waals surface area contributed by atoms with E-state index in [1.807, 2.05) is 11.9 Å². The maximum absolute atomic E-state index is 13.8. The maximum atomic E-state index is 13.8. The van der Waals surface area contributed by atoms with Crippen LogP contribution in [0.3, 0.4) is 0 Å². The quantitative estimate of drug-likeness (QED) is 0.448. The molecule has 3 rings (SSSR count). The van der Waals surface area contributed by atoms with Crippen LogP contribution >= 0.6 is 12.2 Å². The van der Waals surface area contributed by atoms with Gasteiger partial charge >= 0.3 is 0 Å². The van der Waals surface area contributed by atoms with E-state index in [-0.39, 0.29) is 5.82 Å². The summed E-state index contributed by atoms with van der Waals surface area (Å²) in [5.41, 5.74) is 0.391. The second-order valence-corrected chi connectivity index (χ2v) is 8.11. The molecule has 1 saturated heterocycles. The molecule has 1 heterocycles. The van der Waals surface area contributed by atoms with Crippen LogP contribution < -0.4 is 10.1 Å². The van der Waals surface area contributed by atoms with Crippen LogP contribution in [-0.2, 0) is 0 Å². The summed E-state index contributed by atoms with van der Waals surface area (Å²) >= 11 is 5.46. The summed E-state index contributed by atoms with van der Waals surface area (Å²) in [6.45, 7) is 3.39. The smallest absolute Gasteiger partial charge is 0.173 e.